The van der Waals surface area contributed by atoms with Gasteiger partial charge in [0.2, 0.25) is 0 Å². The van der Waals surface area contributed by atoms with Crippen molar-refractivity contribution in [1.29, 1.82) is 0 Å². The molecule has 0 saturated carbocycles. The van der Waals surface area contributed by atoms with Crippen molar-refractivity contribution >= 4 is 43.5 Å². The van der Waals surface area contributed by atoms with Crippen molar-refractivity contribution in [1.82, 2.24) is 0 Å². The number of carbonyl (C=O) groups is 1. The molecular weight excluding hydrogens is 442 g/mol. The van der Waals surface area contributed by atoms with Crippen LogP contribution in [0.4, 0.5) is 5.69 Å². The number of fused-ring (bicyclic) bond motifs is 1. The lowest BCUT2D eigenvalue weighted by molar-refractivity contribution is -0.122. The fourth-order valence-electron chi connectivity index (χ4n) is 2.18. The second kappa shape index (κ2) is 7.44. The third kappa shape index (κ3) is 4.02. The lowest BCUT2D eigenvalue weighted by Crippen LogP contribution is -2.30. The van der Waals surface area contributed by atoms with Crippen LogP contribution in [0.3, 0.4) is 0 Å². The van der Waals surface area contributed by atoms with E-state index >= 15 is 0 Å². The summed E-state index contributed by atoms with van der Waals surface area (Å²) in [6, 6.07) is 10.8. The van der Waals surface area contributed by atoms with Crippen molar-refractivity contribution in [3.05, 3.63) is 45.3 Å². The van der Waals surface area contributed by atoms with Crippen LogP contribution in [0.2, 0.25) is 0 Å². The van der Waals surface area contributed by atoms with E-state index in [0.29, 0.717) is 36.1 Å². The molecule has 1 atom stereocenters. The van der Waals surface area contributed by atoms with Gasteiger partial charge in [0, 0.05) is 16.2 Å². The maximum Gasteiger partial charge on any atom is 0.265 e. The highest BCUT2D eigenvalue weighted by atomic mass is 79.9. The van der Waals surface area contributed by atoms with Gasteiger partial charge in [0.15, 0.2) is 17.6 Å². The van der Waals surface area contributed by atoms with Crippen LogP contribution in [0.25, 0.3) is 0 Å². The fraction of sp³-hybridized carbons (Fsp3) is 0.235. The van der Waals surface area contributed by atoms with E-state index in [1.165, 1.54) is 0 Å². The molecule has 3 rings (SSSR count). The van der Waals surface area contributed by atoms with Crippen molar-refractivity contribution in [2.45, 2.75) is 13.0 Å². The monoisotopic (exact) mass is 455 g/mol. The number of halogens is 2. The number of carbonyl (C=O) groups excluding carboxylic acids is 1. The average molecular weight is 457 g/mol. The van der Waals surface area contributed by atoms with E-state index in [1.807, 2.05) is 12.1 Å². The van der Waals surface area contributed by atoms with Crippen LogP contribution in [0.1, 0.15) is 6.92 Å². The maximum absolute atomic E-state index is 12.3. The van der Waals surface area contributed by atoms with Gasteiger partial charge in [-0.1, -0.05) is 15.9 Å². The summed E-state index contributed by atoms with van der Waals surface area (Å²) in [5, 5.41) is 2.82. The molecule has 0 aromatic heterocycles. The number of hydrogen-bond donors (Lipinski definition) is 1. The molecule has 1 heterocycles. The third-order valence-electron chi connectivity index (χ3n) is 3.38. The fourth-order valence-corrected chi connectivity index (χ4v) is 3.32. The first-order valence-electron chi connectivity index (χ1n) is 7.35. The third-order valence-corrected chi connectivity index (χ3v) is 4.49. The summed E-state index contributed by atoms with van der Waals surface area (Å²) in [5.74, 6) is 1.66. The molecule has 0 fully saturated rings. The molecule has 1 N–H and O–H groups in total. The van der Waals surface area contributed by atoms with Gasteiger partial charge in [-0.15, -0.1) is 0 Å². The van der Waals surface area contributed by atoms with Crippen LogP contribution in [0.15, 0.2) is 45.3 Å². The Morgan fingerprint density at radius 2 is 1.88 bits per heavy atom. The molecule has 1 amide bonds. The van der Waals surface area contributed by atoms with E-state index in [1.54, 1.807) is 31.2 Å². The van der Waals surface area contributed by atoms with E-state index in [4.69, 9.17) is 14.2 Å². The number of benzene rings is 2. The average Bonchev–Trinajstić information content (AvgIpc) is 2.57. The van der Waals surface area contributed by atoms with E-state index < -0.39 is 6.10 Å². The molecule has 1 unspecified atom stereocenters. The highest BCUT2D eigenvalue weighted by Gasteiger charge is 2.18. The second-order valence-electron chi connectivity index (χ2n) is 5.18. The quantitative estimate of drug-likeness (QED) is 0.741. The summed E-state index contributed by atoms with van der Waals surface area (Å²) < 4.78 is 18.4. The highest BCUT2D eigenvalue weighted by Crippen LogP contribution is 2.33. The van der Waals surface area contributed by atoms with Gasteiger partial charge in [0.25, 0.3) is 5.91 Å². The lowest BCUT2D eigenvalue weighted by Gasteiger charge is -2.20. The Hall–Kier alpha value is -1.73. The zero-order valence-electron chi connectivity index (χ0n) is 12.8. The minimum atomic E-state index is -0.657. The summed E-state index contributed by atoms with van der Waals surface area (Å²) in [6.07, 6.45) is -0.657. The predicted molar refractivity (Wildman–Crippen MR) is 98.0 cm³/mol. The molecule has 0 radical (unpaired) electrons. The smallest absolute Gasteiger partial charge is 0.265 e. The van der Waals surface area contributed by atoms with Crippen molar-refractivity contribution in [2.24, 2.45) is 0 Å². The predicted octanol–water partition coefficient (Wildman–Crippen LogP) is 4.39. The van der Waals surface area contributed by atoms with E-state index in [2.05, 4.69) is 37.2 Å². The summed E-state index contributed by atoms with van der Waals surface area (Å²) in [7, 11) is 0. The van der Waals surface area contributed by atoms with Gasteiger partial charge in [-0.25, -0.2) is 0 Å². The Labute approximate surface area is 156 Å². The highest BCUT2D eigenvalue weighted by molar-refractivity contribution is 9.11. The Kier molecular flexibility index (Phi) is 5.30. The molecule has 1 aliphatic heterocycles. The molecule has 7 heteroatoms. The topological polar surface area (TPSA) is 56.8 Å². The van der Waals surface area contributed by atoms with Crippen molar-refractivity contribution < 1.29 is 19.0 Å². The zero-order chi connectivity index (χ0) is 17.1. The van der Waals surface area contributed by atoms with Gasteiger partial charge < -0.3 is 19.5 Å². The largest absolute Gasteiger partial charge is 0.486 e. The van der Waals surface area contributed by atoms with E-state index in [0.717, 1.165) is 8.95 Å². The van der Waals surface area contributed by atoms with Crippen LogP contribution in [-0.2, 0) is 4.79 Å². The zero-order valence-corrected chi connectivity index (χ0v) is 16.0. The molecule has 126 valence electrons. The van der Waals surface area contributed by atoms with Crippen LogP contribution in [-0.4, -0.2) is 25.2 Å². The van der Waals surface area contributed by atoms with Gasteiger partial charge in [0.05, 0.1) is 4.47 Å². The van der Waals surface area contributed by atoms with Gasteiger partial charge in [0.1, 0.15) is 19.0 Å². The molecule has 1 aliphatic rings. The molecule has 0 aliphatic carbocycles. The Balaban J connectivity index is 1.65. The van der Waals surface area contributed by atoms with E-state index in [-0.39, 0.29) is 5.91 Å². The number of hydrogen-bond acceptors (Lipinski definition) is 4. The molecule has 0 spiro atoms. The Bertz CT molecular complexity index is 766. The number of rotatable bonds is 4. The minimum absolute atomic E-state index is 0.249. The molecular formula is C17H15Br2NO4. The molecule has 2 aromatic rings. The summed E-state index contributed by atoms with van der Waals surface area (Å²) in [4.78, 5) is 12.3. The van der Waals surface area contributed by atoms with Gasteiger partial charge in [-0.3, -0.25) is 4.79 Å². The summed E-state index contributed by atoms with van der Waals surface area (Å²) in [6.45, 7) is 2.73. The Morgan fingerprint density at radius 3 is 2.62 bits per heavy atom. The second-order valence-corrected chi connectivity index (χ2v) is 6.95. The van der Waals surface area contributed by atoms with Gasteiger partial charge in [-0.2, -0.15) is 0 Å². The van der Waals surface area contributed by atoms with Crippen LogP contribution in [0, 0.1) is 0 Å². The van der Waals surface area contributed by atoms with Crippen molar-refractivity contribution in [2.75, 3.05) is 18.5 Å². The summed E-state index contributed by atoms with van der Waals surface area (Å²) in [5.41, 5.74) is 0.634. The molecule has 0 saturated heterocycles. The first-order valence-corrected chi connectivity index (χ1v) is 8.94. The van der Waals surface area contributed by atoms with E-state index in [9.17, 15) is 4.79 Å². The first-order chi connectivity index (χ1) is 11.5. The maximum atomic E-state index is 12.3. The van der Waals surface area contributed by atoms with Crippen LogP contribution in [0.5, 0.6) is 17.2 Å². The molecule has 5 nitrogen and oxygen atoms in total. The molecule has 2 aromatic carbocycles. The number of amides is 1. The SMILES string of the molecule is CC(Oc1ccc(Br)cc1Br)C(=O)Nc1ccc2c(c1)OCCO2. The van der Waals surface area contributed by atoms with Crippen LogP contribution >= 0.6 is 31.9 Å². The number of ether oxygens (including phenoxy) is 3. The molecule has 24 heavy (non-hydrogen) atoms. The van der Waals surface area contributed by atoms with Crippen LogP contribution < -0.4 is 19.5 Å². The molecule has 0 bridgehead atoms. The number of nitrogens with one attached hydrogen (secondary N) is 1. The Morgan fingerprint density at radius 1 is 1.12 bits per heavy atom. The standard InChI is InChI=1S/C17H15Br2NO4/c1-10(24-14-4-2-11(18)8-13(14)19)17(21)20-12-3-5-15-16(9-12)23-7-6-22-15/h2-5,8-10H,6-7H2,1H3,(H,20,21). The lowest BCUT2D eigenvalue weighted by atomic mass is 10.2. The summed E-state index contributed by atoms with van der Waals surface area (Å²) >= 11 is 6.79. The first kappa shape index (κ1) is 17.1. The van der Waals surface area contributed by atoms with Gasteiger partial charge in [-0.05, 0) is 53.2 Å². The van der Waals surface area contributed by atoms with Gasteiger partial charge >= 0.3 is 0 Å². The number of anilines is 1. The van der Waals surface area contributed by atoms with Crippen molar-refractivity contribution in [3.63, 3.8) is 0 Å². The minimum Gasteiger partial charge on any atom is -0.486 e. The van der Waals surface area contributed by atoms with Crippen molar-refractivity contribution in [3.8, 4) is 17.2 Å². The normalized spacial score (nSPS) is 14.0.